The van der Waals surface area contributed by atoms with Gasteiger partial charge in [-0.3, -0.25) is 4.79 Å². The van der Waals surface area contributed by atoms with E-state index in [0.717, 1.165) is 35.4 Å². The quantitative estimate of drug-likeness (QED) is 0.881. The SMILES string of the molecule is Cc1ccc(C(=O)NCC2(CO)CCCCC2)s1. The van der Waals surface area contributed by atoms with E-state index in [1.807, 2.05) is 19.1 Å². The van der Waals surface area contributed by atoms with Crippen LogP contribution in [-0.4, -0.2) is 24.2 Å². The van der Waals surface area contributed by atoms with E-state index >= 15 is 0 Å². The molecular weight excluding hydrogens is 246 g/mol. The van der Waals surface area contributed by atoms with E-state index in [-0.39, 0.29) is 17.9 Å². The minimum Gasteiger partial charge on any atom is -0.396 e. The molecule has 0 bridgehead atoms. The van der Waals surface area contributed by atoms with E-state index in [2.05, 4.69) is 5.32 Å². The number of amides is 1. The third-order valence-electron chi connectivity index (χ3n) is 3.84. The number of aryl methyl sites for hydroxylation is 1. The van der Waals surface area contributed by atoms with Gasteiger partial charge in [0.1, 0.15) is 0 Å². The molecule has 0 atom stereocenters. The lowest BCUT2D eigenvalue weighted by Gasteiger charge is -2.35. The van der Waals surface area contributed by atoms with Crippen LogP contribution in [0.5, 0.6) is 0 Å². The minimum absolute atomic E-state index is 0.00787. The molecule has 1 amide bonds. The second kappa shape index (κ2) is 5.85. The largest absolute Gasteiger partial charge is 0.396 e. The normalized spacial score (nSPS) is 18.6. The maximum absolute atomic E-state index is 12.0. The predicted octanol–water partition coefficient (Wildman–Crippen LogP) is 2.73. The van der Waals surface area contributed by atoms with E-state index in [0.29, 0.717) is 6.54 Å². The summed E-state index contributed by atoms with van der Waals surface area (Å²) >= 11 is 1.51. The fourth-order valence-corrected chi connectivity index (χ4v) is 3.39. The van der Waals surface area contributed by atoms with E-state index in [1.54, 1.807) is 0 Å². The Hall–Kier alpha value is -0.870. The first-order valence-electron chi connectivity index (χ1n) is 6.61. The second-order valence-corrected chi connectivity index (χ2v) is 6.60. The van der Waals surface area contributed by atoms with Gasteiger partial charge in [-0.25, -0.2) is 0 Å². The Kier molecular flexibility index (Phi) is 4.40. The average molecular weight is 267 g/mol. The Balaban J connectivity index is 1.91. The number of nitrogens with one attached hydrogen (secondary N) is 1. The maximum Gasteiger partial charge on any atom is 0.261 e. The molecule has 0 radical (unpaired) electrons. The van der Waals surface area contributed by atoms with Crippen LogP contribution in [0, 0.1) is 12.3 Å². The third kappa shape index (κ3) is 3.12. The first-order chi connectivity index (χ1) is 8.65. The lowest BCUT2D eigenvalue weighted by molar-refractivity contribution is 0.0720. The number of thiophene rings is 1. The topological polar surface area (TPSA) is 49.3 Å². The molecule has 0 unspecified atom stereocenters. The predicted molar refractivity (Wildman–Crippen MR) is 74.0 cm³/mol. The van der Waals surface area contributed by atoms with Crippen molar-refractivity contribution >= 4 is 17.2 Å². The van der Waals surface area contributed by atoms with Crippen molar-refractivity contribution in [3.05, 3.63) is 21.9 Å². The molecule has 1 aromatic heterocycles. The number of aliphatic hydroxyl groups is 1. The highest BCUT2D eigenvalue weighted by Crippen LogP contribution is 2.35. The average Bonchev–Trinajstić information content (AvgIpc) is 2.84. The van der Waals surface area contributed by atoms with Crippen molar-refractivity contribution in [2.24, 2.45) is 5.41 Å². The van der Waals surface area contributed by atoms with Crippen molar-refractivity contribution in [2.45, 2.75) is 39.0 Å². The number of rotatable bonds is 4. The first-order valence-corrected chi connectivity index (χ1v) is 7.42. The third-order valence-corrected chi connectivity index (χ3v) is 4.84. The van der Waals surface area contributed by atoms with Gasteiger partial charge in [-0.05, 0) is 31.9 Å². The van der Waals surface area contributed by atoms with Gasteiger partial charge in [0.05, 0.1) is 11.5 Å². The highest BCUT2D eigenvalue weighted by Gasteiger charge is 2.31. The van der Waals surface area contributed by atoms with Crippen LogP contribution >= 0.6 is 11.3 Å². The van der Waals surface area contributed by atoms with E-state index in [4.69, 9.17) is 0 Å². The molecule has 0 saturated heterocycles. The summed E-state index contributed by atoms with van der Waals surface area (Å²) in [6.45, 7) is 2.77. The molecule has 1 aromatic rings. The van der Waals surface area contributed by atoms with Gasteiger partial charge in [-0.1, -0.05) is 19.3 Å². The number of carbonyl (C=O) groups excluding carboxylic acids is 1. The summed E-state index contributed by atoms with van der Waals surface area (Å²) in [7, 11) is 0. The van der Waals surface area contributed by atoms with Gasteiger partial charge in [0.2, 0.25) is 0 Å². The van der Waals surface area contributed by atoms with Crippen LogP contribution in [0.4, 0.5) is 0 Å². The van der Waals surface area contributed by atoms with Crippen LogP contribution in [0.2, 0.25) is 0 Å². The van der Waals surface area contributed by atoms with Gasteiger partial charge in [0.25, 0.3) is 5.91 Å². The van der Waals surface area contributed by atoms with Crippen molar-refractivity contribution in [1.82, 2.24) is 5.32 Å². The number of aliphatic hydroxyl groups excluding tert-OH is 1. The zero-order chi connectivity index (χ0) is 13.0. The fourth-order valence-electron chi connectivity index (χ4n) is 2.60. The summed E-state index contributed by atoms with van der Waals surface area (Å²) in [5, 5.41) is 12.6. The molecule has 3 nitrogen and oxygen atoms in total. The molecule has 18 heavy (non-hydrogen) atoms. The van der Waals surface area contributed by atoms with Crippen molar-refractivity contribution < 1.29 is 9.90 Å². The fraction of sp³-hybridized carbons (Fsp3) is 0.643. The summed E-state index contributed by atoms with van der Waals surface area (Å²) in [5.74, 6) is -0.00787. The Morgan fingerprint density at radius 1 is 1.39 bits per heavy atom. The molecule has 100 valence electrons. The number of carbonyl (C=O) groups is 1. The molecule has 4 heteroatoms. The molecule has 0 aliphatic heterocycles. The summed E-state index contributed by atoms with van der Waals surface area (Å²) in [6.07, 6.45) is 5.61. The van der Waals surface area contributed by atoms with Crippen LogP contribution in [0.15, 0.2) is 12.1 Å². The van der Waals surface area contributed by atoms with Crippen LogP contribution in [-0.2, 0) is 0 Å². The molecule has 1 fully saturated rings. The molecular formula is C14H21NO2S. The van der Waals surface area contributed by atoms with Gasteiger partial charge < -0.3 is 10.4 Å². The molecule has 0 spiro atoms. The second-order valence-electron chi connectivity index (χ2n) is 5.31. The van der Waals surface area contributed by atoms with Crippen LogP contribution in [0.1, 0.15) is 46.7 Å². The van der Waals surface area contributed by atoms with Crippen molar-refractivity contribution in [3.8, 4) is 0 Å². The molecule has 1 saturated carbocycles. The van der Waals surface area contributed by atoms with Crippen molar-refractivity contribution in [3.63, 3.8) is 0 Å². The van der Waals surface area contributed by atoms with Crippen LogP contribution in [0.25, 0.3) is 0 Å². The lowest BCUT2D eigenvalue weighted by Crippen LogP contribution is -2.41. The zero-order valence-corrected chi connectivity index (χ0v) is 11.7. The molecule has 2 N–H and O–H groups in total. The van der Waals surface area contributed by atoms with Crippen molar-refractivity contribution in [2.75, 3.05) is 13.2 Å². The molecule has 1 heterocycles. The van der Waals surface area contributed by atoms with E-state index < -0.39 is 0 Å². The Labute approximate surface area is 112 Å². The summed E-state index contributed by atoms with van der Waals surface area (Å²) in [4.78, 5) is 13.9. The van der Waals surface area contributed by atoms with Gasteiger partial charge in [-0.2, -0.15) is 0 Å². The molecule has 0 aromatic carbocycles. The number of hydrogen-bond donors (Lipinski definition) is 2. The van der Waals surface area contributed by atoms with E-state index in [1.165, 1.54) is 17.8 Å². The van der Waals surface area contributed by atoms with Crippen molar-refractivity contribution in [1.29, 1.82) is 0 Å². The molecule has 1 aliphatic rings. The Morgan fingerprint density at radius 2 is 2.11 bits per heavy atom. The zero-order valence-electron chi connectivity index (χ0n) is 10.9. The lowest BCUT2D eigenvalue weighted by atomic mass is 9.74. The first kappa shape index (κ1) is 13.6. The Morgan fingerprint density at radius 3 is 2.67 bits per heavy atom. The molecule has 1 aliphatic carbocycles. The molecule has 2 rings (SSSR count). The number of hydrogen-bond acceptors (Lipinski definition) is 3. The standard InChI is InChI=1S/C14H21NO2S/c1-11-5-6-12(18-11)13(17)15-9-14(10-16)7-3-2-4-8-14/h5-6,16H,2-4,7-10H2,1H3,(H,15,17). The highest BCUT2D eigenvalue weighted by atomic mass is 32.1. The van der Waals surface area contributed by atoms with Crippen LogP contribution < -0.4 is 5.32 Å². The van der Waals surface area contributed by atoms with Gasteiger partial charge in [0.15, 0.2) is 0 Å². The van der Waals surface area contributed by atoms with Gasteiger partial charge >= 0.3 is 0 Å². The Bertz CT molecular complexity index is 408. The van der Waals surface area contributed by atoms with Gasteiger partial charge in [0, 0.05) is 16.8 Å². The highest BCUT2D eigenvalue weighted by molar-refractivity contribution is 7.13. The monoisotopic (exact) mass is 267 g/mol. The van der Waals surface area contributed by atoms with Crippen LogP contribution in [0.3, 0.4) is 0 Å². The minimum atomic E-state index is -0.0831. The smallest absolute Gasteiger partial charge is 0.261 e. The maximum atomic E-state index is 12.0. The summed E-state index contributed by atoms with van der Waals surface area (Å²) in [5.41, 5.74) is -0.0831. The summed E-state index contributed by atoms with van der Waals surface area (Å²) in [6, 6.07) is 3.82. The summed E-state index contributed by atoms with van der Waals surface area (Å²) < 4.78 is 0. The van der Waals surface area contributed by atoms with Gasteiger partial charge in [-0.15, -0.1) is 11.3 Å². The van der Waals surface area contributed by atoms with E-state index in [9.17, 15) is 9.90 Å².